The van der Waals surface area contributed by atoms with Gasteiger partial charge < -0.3 is 9.80 Å². The summed E-state index contributed by atoms with van der Waals surface area (Å²) in [5.74, 6) is -1.81. The van der Waals surface area contributed by atoms with Crippen LogP contribution >= 0.6 is 0 Å². The van der Waals surface area contributed by atoms with Gasteiger partial charge in [-0.2, -0.15) is 10.2 Å². The molecule has 1 aliphatic heterocycles. The molecular weight excluding hydrogens is 461 g/mol. The predicted octanol–water partition coefficient (Wildman–Crippen LogP) is 3.09. The molecule has 1 fully saturated rings. The fraction of sp³-hybridized carbons (Fsp3) is 0.269. The maximum atomic E-state index is 13.4. The SMILES string of the molecule is C=C(F)C(=O)N1CC(c2nn(-c3ccc(C)cc3)c3nccc(-c4cnn(CC(=O)N(C)C)c4)c23)C1. The van der Waals surface area contributed by atoms with Crippen molar-refractivity contribution in [3.63, 3.8) is 0 Å². The molecule has 0 radical (unpaired) electrons. The van der Waals surface area contributed by atoms with E-state index in [-0.39, 0.29) is 18.4 Å². The number of aromatic nitrogens is 5. The molecule has 2 amide bonds. The average Bonchev–Trinajstić information content (AvgIpc) is 3.43. The standard InChI is InChI=1S/C26H26FN7O2/c1-16-5-7-20(8-6-16)34-25-23(24(30-34)19-12-32(13-19)26(36)17(2)27)21(9-10-28-25)18-11-29-33(14-18)15-22(35)31(3)4/h5-11,14,19H,2,12-13,15H2,1,3-4H3. The highest BCUT2D eigenvalue weighted by Gasteiger charge is 2.37. The van der Waals surface area contributed by atoms with Crippen LogP contribution in [0.15, 0.2) is 61.3 Å². The number of amides is 2. The molecule has 9 nitrogen and oxygen atoms in total. The van der Waals surface area contributed by atoms with Gasteiger partial charge in [0.1, 0.15) is 6.54 Å². The number of hydrogen-bond donors (Lipinski definition) is 0. The van der Waals surface area contributed by atoms with Gasteiger partial charge in [-0.25, -0.2) is 14.1 Å². The van der Waals surface area contributed by atoms with Crippen LogP contribution in [0.2, 0.25) is 0 Å². The number of rotatable bonds is 6. The number of hydrogen-bond acceptors (Lipinski definition) is 5. The Bertz CT molecular complexity index is 1480. The van der Waals surface area contributed by atoms with E-state index in [1.165, 1.54) is 9.80 Å². The van der Waals surface area contributed by atoms with E-state index in [1.807, 2.05) is 43.5 Å². The van der Waals surface area contributed by atoms with Crippen molar-refractivity contribution in [2.75, 3.05) is 27.2 Å². The number of nitrogens with zero attached hydrogens (tertiary/aromatic N) is 7. The Morgan fingerprint density at radius 1 is 1.17 bits per heavy atom. The Morgan fingerprint density at radius 2 is 1.89 bits per heavy atom. The third-order valence-corrected chi connectivity index (χ3v) is 6.40. The predicted molar refractivity (Wildman–Crippen MR) is 133 cm³/mol. The average molecular weight is 488 g/mol. The van der Waals surface area contributed by atoms with E-state index in [2.05, 4.69) is 16.7 Å². The molecule has 0 saturated carbocycles. The molecule has 0 atom stereocenters. The van der Waals surface area contributed by atoms with Gasteiger partial charge in [0.25, 0.3) is 5.91 Å². The normalized spacial score (nSPS) is 13.6. The van der Waals surface area contributed by atoms with Gasteiger partial charge in [0.05, 0.1) is 23.0 Å². The lowest BCUT2D eigenvalue weighted by Crippen LogP contribution is -2.48. The van der Waals surface area contributed by atoms with E-state index in [0.29, 0.717) is 18.7 Å². The van der Waals surface area contributed by atoms with Gasteiger partial charge in [-0.1, -0.05) is 24.3 Å². The second-order valence-electron chi connectivity index (χ2n) is 9.22. The summed E-state index contributed by atoms with van der Waals surface area (Å²) in [6, 6.07) is 9.87. The summed E-state index contributed by atoms with van der Waals surface area (Å²) in [5, 5.41) is 10.1. The molecule has 1 saturated heterocycles. The summed E-state index contributed by atoms with van der Waals surface area (Å²) in [6.45, 7) is 5.95. The first-order valence-corrected chi connectivity index (χ1v) is 11.5. The van der Waals surface area contributed by atoms with Crippen LogP contribution in [0, 0.1) is 6.92 Å². The zero-order chi connectivity index (χ0) is 25.6. The summed E-state index contributed by atoms with van der Waals surface area (Å²) >= 11 is 0. The van der Waals surface area contributed by atoms with Crippen LogP contribution in [0.3, 0.4) is 0 Å². The van der Waals surface area contributed by atoms with Gasteiger partial charge in [0.15, 0.2) is 11.5 Å². The number of aryl methyl sites for hydroxylation is 1. The molecule has 5 rings (SSSR count). The van der Waals surface area contributed by atoms with Crippen LogP contribution in [0.1, 0.15) is 17.2 Å². The van der Waals surface area contributed by atoms with Crippen LogP contribution < -0.4 is 0 Å². The first kappa shape index (κ1) is 23.4. The quantitative estimate of drug-likeness (QED) is 0.390. The summed E-state index contributed by atoms with van der Waals surface area (Å²) in [5.41, 5.74) is 5.13. The zero-order valence-electron chi connectivity index (χ0n) is 20.3. The van der Waals surface area contributed by atoms with Crippen LogP contribution in [0.25, 0.3) is 27.8 Å². The Hall–Kier alpha value is -4.34. The first-order chi connectivity index (χ1) is 17.2. The monoisotopic (exact) mass is 487 g/mol. The van der Waals surface area contributed by atoms with E-state index in [1.54, 1.807) is 35.9 Å². The number of fused-ring (bicyclic) bond motifs is 1. The van der Waals surface area contributed by atoms with Crippen molar-refractivity contribution < 1.29 is 14.0 Å². The fourth-order valence-electron chi connectivity index (χ4n) is 4.32. The zero-order valence-corrected chi connectivity index (χ0v) is 20.3. The number of benzene rings is 1. The van der Waals surface area contributed by atoms with E-state index >= 15 is 0 Å². The van der Waals surface area contributed by atoms with Crippen molar-refractivity contribution in [3.05, 3.63) is 72.6 Å². The van der Waals surface area contributed by atoms with Crippen molar-refractivity contribution in [3.8, 4) is 16.8 Å². The molecule has 0 N–H and O–H groups in total. The molecule has 0 unspecified atom stereocenters. The summed E-state index contributed by atoms with van der Waals surface area (Å²) in [7, 11) is 3.41. The Balaban J connectivity index is 1.60. The van der Waals surface area contributed by atoms with E-state index in [4.69, 9.17) is 5.10 Å². The van der Waals surface area contributed by atoms with Gasteiger partial charge in [-0.15, -0.1) is 0 Å². The topological polar surface area (TPSA) is 89.1 Å². The number of carbonyl (C=O) groups is 2. The summed E-state index contributed by atoms with van der Waals surface area (Å²) < 4.78 is 16.8. The second-order valence-corrected chi connectivity index (χ2v) is 9.22. The molecule has 36 heavy (non-hydrogen) atoms. The minimum Gasteiger partial charge on any atom is -0.347 e. The smallest absolute Gasteiger partial charge is 0.282 e. The number of likely N-dealkylation sites (tertiary alicyclic amines) is 1. The summed E-state index contributed by atoms with van der Waals surface area (Å²) in [6.07, 6.45) is 5.26. The third kappa shape index (κ3) is 4.15. The van der Waals surface area contributed by atoms with Crippen LogP contribution in [-0.2, 0) is 16.1 Å². The molecule has 184 valence electrons. The van der Waals surface area contributed by atoms with Crippen molar-refractivity contribution in [1.29, 1.82) is 0 Å². The number of halogens is 1. The first-order valence-electron chi connectivity index (χ1n) is 11.5. The number of pyridine rings is 1. The minimum atomic E-state index is -0.967. The molecule has 10 heteroatoms. The van der Waals surface area contributed by atoms with Crippen molar-refractivity contribution in [2.24, 2.45) is 0 Å². The molecule has 4 aromatic rings. The van der Waals surface area contributed by atoms with Crippen molar-refractivity contribution in [2.45, 2.75) is 19.4 Å². The molecule has 0 aliphatic carbocycles. The molecular formula is C26H26FN7O2. The van der Waals surface area contributed by atoms with E-state index < -0.39 is 11.7 Å². The van der Waals surface area contributed by atoms with Crippen molar-refractivity contribution >= 4 is 22.8 Å². The largest absolute Gasteiger partial charge is 0.347 e. The Morgan fingerprint density at radius 3 is 2.56 bits per heavy atom. The summed E-state index contributed by atoms with van der Waals surface area (Å²) in [4.78, 5) is 31.8. The van der Waals surface area contributed by atoms with Gasteiger partial charge in [-0.3, -0.25) is 14.3 Å². The molecule has 0 bridgehead atoms. The Kier molecular flexibility index (Phi) is 5.87. The van der Waals surface area contributed by atoms with Crippen LogP contribution in [0.4, 0.5) is 4.39 Å². The van der Waals surface area contributed by atoms with Crippen molar-refractivity contribution in [1.82, 2.24) is 34.3 Å². The molecule has 1 aliphatic rings. The lowest BCUT2D eigenvalue weighted by Gasteiger charge is -2.38. The van der Waals surface area contributed by atoms with Gasteiger partial charge in [0.2, 0.25) is 5.91 Å². The second kappa shape index (κ2) is 9.03. The number of carbonyl (C=O) groups excluding carboxylic acids is 2. The highest BCUT2D eigenvalue weighted by molar-refractivity contribution is 5.96. The van der Waals surface area contributed by atoms with Crippen LogP contribution in [0.5, 0.6) is 0 Å². The lowest BCUT2D eigenvalue weighted by molar-refractivity contribution is -0.133. The molecule has 1 aromatic carbocycles. The van der Waals surface area contributed by atoms with E-state index in [0.717, 1.165) is 33.5 Å². The lowest BCUT2D eigenvalue weighted by atomic mass is 9.92. The maximum absolute atomic E-state index is 13.4. The molecule has 4 heterocycles. The van der Waals surface area contributed by atoms with Gasteiger partial charge in [0, 0.05) is 51.1 Å². The Labute approximate surface area is 207 Å². The van der Waals surface area contributed by atoms with Gasteiger partial charge >= 0.3 is 0 Å². The van der Waals surface area contributed by atoms with E-state index in [9.17, 15) is 14.0 Å². The highest BCUT2D eigenvalue weighted by atomic mass is 19.1. The fourth-order valence-corrected chi connectivity index (χ4v) is 4.32. The highest BCUT2D eigenvalue weighted by Crippen LogP contribution is 2.38. The number of likely N-dealkylation sites (N-methyl/N-ethyl adjacent to an activating group) is 1. The third-order valence-electron chi connectivity index (χ3n) is 6.40. The molecule has 3 aromatic heterocycles. The van der Waals surface area contributed by atoms with Gasteiger partial charge in [-0.05, 0) is 30.7 Å². The molecule has 0 spiro atoms. The minimum absolute atomic E-state index is 0.0638. The maximum Gasteiger partial charge on any atom is 0.282 e. The van der Waals surface area contributed by atoms with Crippen LogP contribution in [-0.4, -0.2) is 73.3 Å².